The van der Waals surface area contributed by atoms with Gasteiger partial charge in [-0.2, -0.15) is 0 Å². The van der Waals surface area contributed by atoms with Crippen molar-refractivity contribution in [1.82, 2.24) is 16.0 Å². The third-order valence-electron chi connectivity index (χ3n) is 12.9. The fourth-order valence-electron chi connectivity index (χ4n) is 11.2. The molecule has 0 spiro atoms. The highest BCUT2D eigenvalue weighted by atomic mass is 16.6. The molecule has 86 heavy (non-hydrogen) atoms. The van der Waals surface area contributed by atoms with Gasteiger partial charge in [-0.3, -0.25) is 4.79 Å². The molecule has 0 aromatic heterocycles. The van der Waals surface area contributed by atoms with Crippen molar-refractivity contribution in [2.24, 2.45) is 47.5 Å². The number of nitrogens with one attached hydrogen (secondary N) is 3. The second-order valence-electron chi connectivity index (χ2n) is 23.9. The molecular formula is C60H94N6O20. The fourth-order valence-corrected chi connectivity index (χ4v) is 11.2. The fraction of sp³-hybridized carbons (Fsp3) is 0.683. The van der Waals surface area contributed by atoms with E-state index in [9.17, 15) is 52.7 Å². The molecule has 0 aromatic rings. The summed E-state index contributed by atoms with van der Waals surface area (Å²) in [5.41, 5.74) is -0.456. The topological polar surface area (TPSA) is 355 Å². The number of hydrogen-bond donors (Lipinski definition) is 4. The van der Waals surface area contributed by atoms with Crippen LogP contribution in [-0.2, 0) is 76.3 Å². The van der Waals surface area contributed by atoms with Crippen LogP contribution in [0.5, 0.6) is 0 Å². The minimum absolute atomic E-state index is 0.00750. The third kappa shape index (κ3) is 40.5. The van der Waals surface area contributed by atoms with Gasteiger partial charge in [-0.05, 0) is 97.2 Å². The van der Waals surface area contributed by atoms with E-state index in [-0.39, 0.29) is 109 Å². The Kier molecular flexibility index (Phi) is 39.3. The minimum Gasteiger partial charge on any atom is -0.466 e. The van der Waals surface area contributed by atoms with E-state index in [2.05, 4.69) is 122 Å². The number of nitrogens with zero attached hydrogens (tertiary/aromatic N) is 3. The lowest BCUT2D eigenvalue weighted by Crippen LogP contribution is -2.50. The summed E-state index contributed by atoms with van der Waals surface area (Å²) < 4.78 is 38.0. The van der Waals surface area contributed by atoms with Crippen LogP contribution < -0.4 is 16.0 Å². The first kappa shape index (κ1) is 80.3. The van der Waals surface area contributed by atoms with Gasteiger partial charge in [0.2, 0.25) is 18.2 Å². The summed E-state index contributed by atoms with van der Waals surface area (Å²) in [4.78, 5) is 131. The summed E-state index contributed by atoms with van der Waals surface area (Å²) in [6.07, 6.45) is 14.5. The summed E-state index contributed by atoms with van der Waals surface area (Å²) in [6.45, 7) is 36.5. The smallest absolute Gasteiger partial charge is 0.407 e. The number of hydrogen-bond acceptors (Lipinski definition) is 23. The van der Waals surface area contributed by atoms with Gasteiger partial charge in [0.25, 0.3) is 0 Å². The minimum atomic E-state index is -0.609. The van der Waals surface area contributed by atoms with Crippen LogP contribution in [-0.4, -0.2) is 169 Å². The number of amides is 3. The Bertz CT molecular complexity index is 2370. The van der Waals surface area contributed by atoms with Crippen molar-refractivity contribution in [3.63, 3.8) is 0 Å². The van der Waals surface area contributed by atoms with E-state index >= 15 is 0 Å². The second-order valence-corrected chi connectivity index (χ2v) is 23.9. The zero-order valence-electron chi connectivity index (χ0n) is 52.3. The zero-order chi connectivity index (χ0) is 66.0. The van der Waals surface area contributed by atoms with Crippen LogP contribution >= 0.6 is 0 Å². The Morgan fingerprint density at radius 1 is 0.488 bits per heavy atom. The van der Waals surface area contributed by atoms with Crippen molar-refractivity contribution in [3.05, 3.63) is 50.6 Å². The highest BCUT2D eigenvalue weighted by molar-refractivity contribution is 5.82. The molecule has 0 aliphatic heterocycles. The molecule has 4 N–H and O–H groups in total. The van der Waals surface area contributed by atoms with Gasteiger partial charge in [0.05, 0.1) is 32.3 Å². The first-order chi connectivity index (χ1) is 40.2. The Morgan fingerprint density at radius 2 is 0.837 bits per heavy atom. The molecule has 3 fully saturated rings. The maximum atomic E-state index is 12.1. The molecule has 0 aromatic carbocycles. The lowest BCUT2D eigenvalue weighted by atomic mass is 9.62. The normalized spacial score (nSPS) is 22.3. The molecule has 0 heterocycles. The van der Waals surface area contributed by atoms with Crippen LogP contribution in [0.1, 0.15) is 134 Å². The molecular weight excluding hydrogens is 1120 g/mol. The standard InChI is InChI=1S/C22H34N2O8.C17H26N2O5.C12H18N2O2.C5H8O3.C4H8O2/c1-6-17(25)29-8-10-31-19(27)23-15-22(5)13-16(12-21(3,4)14-22)24-20(28)32-11-9-30-18(26)7-2;1-5-14(21)23-6-7-24-15(22)19-13-8-16(2,3)10-17(4,9-13)11-18-12-20;1-11(2)4-10(14-9-16)5-12(3,6-11)7-13-8-15;1-2-5(7)8-4-3-6;1-3-6-4(2)5/h6-7,16H,1-2,8-15H2,3-5H3,(H,23,27)(H,24,28);5,13H,1,6-11H2,2-4H3,(H,19,22);10H,4-7H2,1-3H3;2,6H,1,3-4H2;3H2,1-2H3. The third-order valence-corrected chi connectivity index (χ3v) is 12.9. The number of aliphatic imine (C=N–C) groups is 3. The summed E-state index contributed by atoms with van der Waals surface area (Å²) in [7, 11) is 0. The Morgan fingerprint density at radius 3 is 1.19 bits per heavy atom. The van der Waals surface area contributed by atoms with E-state index in [4.69, 9.17) is 33.5 Å². The first-order valence-electron chi connectivity index (χ1n) is 28.0. The molecule has 26 nitrogen and oxygen atoms in total. The lowest BCUT2D eigenvalue weighted by molar-refractivity contribution is -0.141. The SMILES string of the molecule is C=CC(=O)OCCO.C=CC(=O)OCCOC(=O)NC1CC(C)(C)CC(C)(CN=C=O)C1.C=CC(=O)OCCOC(=O)NCC1(C)CC(NC(=O)OCCOC(=O)C=C)CC(C)(C)C1.CC1(C)CC(N=C=O)CC(C)(CN=C=O)C1.CCOC(C)=O. The predicted octanol–water partition coefficient (Wildman–Crippen LogP) is 7.37. The number of carbonyl (C=O) groups is 8. The van der Waals surface area contributed by atoms with Crippen LogP contribution in [0, 0.1) is 32.5 Å². The van der Waals surface area contributed by atoms with Crippen molar-refractivity contribution >= 4 is 66.4 Å². The molecule has 6 unspecified atom stereocenters. The number of aliphatic hydroxyl groups excluding tert-OH is 1. The van der Waals surface area contributed by atoms with E-state index in [1.807, 2.05) is 6.92 Å². The molecule has 6 atom stereocenters. The molecule has 0 radical (unpaired) electrons. The summed E-state index contributed by atoms with van der Waals surface area (Å²) in [6, 6.07) is -0.208. The van der Waals surface area contributed by atoms with E-state index in [0.29, 0.717) is 39.1 Å². The van der Waals surface area contributed by atoms with Crippen molar-refractivity contribution in [2.45, 2.75) is 152 Å². The number of aliphatic hydroxyl groups is 1. The van der Waals surface area contributed by atoms with Crippen LogP contribution in [0.25, 0.3) is 0 Å². The van der Waals surface area contributed by atoms with Gasteiger partial charge >= 0.3 is 48.1 Å². The van der Waals surface area contributed by atoms with Gasteiger partial charge in [0.1, 0.15) is 46.2 Å². The first-order valence-corrected chi connectivity index (χ1v) is 28.0. The summed E-state index contributed by atoms with van der Waals surface area (Å²) in [5, 5.41) is 16.5. The van der Waals surface area contributed by atoms with Crippen molar-refractivity contribution in [3.8, 4) is 0 Å². The summed E-state index contributed by atoms with van der Waals surface area (Å²) >= 11 is 0. The average Bonchev–Trinajstić information content (AvgIpc) is 3.07. The molecule has 3 saturated carbocycles. The quantitative estimate of drug-likeness (QED) is 0.0173. The van der Waals surface area contributed by atoms with E-state index in [1.165, 1.54) is 6.92 Å². The van der Waals surface area contributed by atoms with Crippen LogP contribution in [0.4, 0.5) is 14.4 Å². The molecule has 3 aliphatic rings. The van der Waals surface area contributed by atoms with E-state index in [0.717, 1.165) is 69.2 Å². The van der Waals surface area contributed by atoms with Gasteiger partial charge in [-0.15, -0.1) is 0 Å². The van der Waals surface area contributed by atoms with Crippen LogP contribution in [0.15, 0.2) is 65.6 Å². The van der Waals surface area contributed by atoms with Gasteiger partial charge < -0.3 is 59.0 Å². The molecule has 0 bridgehead atoms. The maximum absolute atomic E-state index is 12.1. The monoisotopic (exact) mass is 1220 g/mol. The number of rotatable bonds is 25. The Balaban J connectivity index is 0. The van der Waals surface area contributed by atoms with E-state index < -0.39 is 42.2 Å². The highest BCUT2D eigenvalue weighted by Gasteiger charge is 2.44. The van der Waals surface area contributed by atoms with Crippen molar-refractivity contribution < 1.29 is 95.7 Å². The molecule has 26 heteroatoms. The Hall–Kier alpha value is -7.78. The zero-order valence-corrected chi connectivity index (χ0v) is 52.3. The van der Waals surface area contributed by atoms with Crippen LogP contribution in [0.3, 0.4) is 0 Å². The Labute approximate surface area is 505 Å². The number of alkyl carbamates (subject to hydrolysis) is 3. The number of ether oxygens (including phenoxy) is 8. The van der Waals surface area contributed by atoms with Crippen molar-refractivity contribution in [1.29, 1.82) is 0 Å². The summed E-state index contributed by atoms with van der Waals surface area (Å²) in [5.74, 6) is -2.43. The molecule has 3 rings (SSSR count). The van der Waals surface area contributed by atoms with Gasteiger partial charge in [0.15, 0.2) is 0 Å². The van der Waals surface area contributed by atoms with Gasteiger partial charge in [-0.1, -0.05) is 88.6 Å². The lowest BCUT2D eigenvalue weighted by Gasteiger charge is -2.46. The molecule has 3 amide bonds. The van der Waals surface area contributed by atoms with E-state index in [1.54, 1.807) is 25.2 Å². The van der Waals surface area contributed by atoms with Crippen molar-refractivity contribution in [2.75, 3.05) is 79.1 Å². The highest BCUT2D eigenvalue weighted by Crippen LogP contribution is 2.48. The molecule has 0 saturated heterocycles. The molecule has 484 valence electrons. The molecule has 3 aliphatic carbocycles. The largest absolute Gasteiger partial charge is 0.466 e. The van der Waals surface area contributed by atoms with Gasteiger partial charge in [-0.25, -0.2) is 62.9 Å². The number of isocyanates is 3. The number of esters is 5. The number of carbonyl (C=O) groups excluding carboxylic acids is 11. The van der Waals surface area contributed by atoms with Crippen LogP contribution in [0.2, 0.25) is 0 Å². The predicted molar refractivity (Wildman–Crippen MR) is 315 cm³/mol. The second kappa shape index (κ2) is 42.1. The van der Waals surface area contributed by atoms with Gasteiger partial charge in [0, 0.05) is 49.9 Å². The average molecular weight is 1220 g/mol. The maximum Gasteiger partial charge on any atom is 0.407 e.